The highest BCUT2D eigenvalue weighted by molar-refractivity contribution is 4.97. The summed E-state index contributed by atoms with van der Waals surface area (Å²) in [6, 6.07) is 0. The van der Waals surface area contributed by atoms with Crippen LogP contribution in [-0.2, 0) is 4.74 Å². The molecule has 1 N–H and O–H groups in total. The summed E-state index contributed by atoms with van der Waals surface area (Å²) >= 11 is 0. The predicted octanol–water partition coefficient (Wildman–Crippen LogP) is 1.88. The quantitative estimate of drug-likeness (QED) is 0.516. The number of hydrogen-bond donors (Lipinski definition) is 1. The molecule has 0 aromatic heterocycles. The van der Waals surface area contributed by atoms with Gasteiger partial charge < -0.3 is 9.84 Å². The Morgan fingerprint density at radius 1 is 1.67 bits per heavy atom. The molecule has 0 radical (unpaired) electrons. The number of ether oxygens (including phenoxy) is 1. The summed E-state index contributed by atoms with van der Waals surface area (Å²) in [5, 5.41) is 9.81. The first-order valence-corrected chi connectivity index (χ1v) is 4.50. The first kappa shape index (κ1) is 9.75. The largest absolute Gasteiger partial charge is 0.387 e. The zero-order valence-corrected chi connectivity index (χ0v) is 8.13. The van der Waals surface area contributed by atoms with Gasteiger partial charge in [0.25, 0.3) is 0 Å². The zero-order chi connectivity index (χ0) is 9.19. The molecule has 1 aliphatic heterocycles. The SMILES string of the molecule is CC(C)=CCCC(C)(O)C1CO1. The van der Waals surface area contributed by atoms with Gasteiger partial charge in [-0.05, 0) is 33.6 Å². The van der Waals surface area contributed by atoms with Gasteiger partial charge in [0.15, 0.2) is 0 Å². The van der Waals surface area contributed by atoms with Gasteiger partial charge in [-0.15, -0.1) is 0 Å². The van der Waals surface area contributed by atoms with E-state index in [1.807, 2.05) is 6.92 Å². The van der Waals surface area contributed by atoms with Gasteiger partial charge in [0, 0.05) is 0 Å². The van der Waals surface area contributed by atoms with Crippen LogP contribution in [0.15, 0.2) is 11.6 Å². The van der Waals surface area contributed by atoms with Gasteiger partial charge in [-0.25, -0.2) is 0 Å². The number of aliphatic hydroxyl groups is 1. The first-order chi connectivity index (χ1) is 5.52. The lowest BCUT2D eigenvalue weighted by atomic mass is 9.96. The van der Waals surface area contributed by atoms with E-state index < -0.39 is 5.60 Å². The van der Waals surface area contributed by atoms with Gasteiger partial charge in [-0.2, -0.15) is 0 Å². The lowest BCUT2D eigenvalue weighted by Crippen LogP contribution is -2.30. The average Bonchev–Trinajstić information content (AvgIpc) is 2.65. The third kappa shape index (κ3) is 2.95. The van der Waals surface area contributed by atoms with Crippen molar-refractivity contribution in [3.8, 4) is 0 Å². The molecule has 0 bridgehead atoms. The monoisotopic (exact) mass is 170 g/mol. The molecule has 0 aliphatic carbocycles. The van der Waals surface area contributed by atoms with E-state index in [4.69, 9.17) is 4.74 Å². The van der Waals surface area contributed by atoms with E-state index in [9.17, 15) is 5.11 Å². The first-order valence-electron chi connectivity index (χ1n) is 4.50. The summed E-state index contributed by atoms with van der Waals surface area (Å²) in [5.74, 6) is 0. The van der Waals surface area contributed by atoms with E-state index in [-0.39, 0.29) is 6.10 Å². The third-order valence-corrected chi connectivity index (χ3v) is 2.23. The Kier molecular flexibility index (Phi) is 2.91. The molecule has 2 unspecified atom stereocenters. The van der Waals surface area contributed by atoms with E-state index in [2.05, 4.69) is 19.9 Å². The molecule has 1 fully saturated rings. The summed E-state index contributed by atoms with van der Waals surface area (Å²) in [6.07, 6.45) is 3.97. The minimum Gasteiger partial charge on any atom is -0.387 e. The van der Waals surface area contributed by atoms with E-state index in [0.717, 1.165) is 19.4 Å². The van der Waals surface area contributed by atoms with E-state index in [0.29, 0.717) is 0 Å². The maximum absolute atomic E-state index is 9.81. The average molecular weight is 170 g/mol. The Bertz CT molecular complexity index is 174. The Labute approximate surface area is 74.2 Å². The van der Waals surface area contributed by atoms with Crippen LogP contribution in [0.5, 0.6) is 0 Å². The van der Waals surface area contributed by atoms with Crippen molar-refractivity contribution in [2.75, 3.05) is 6.61 Å². The second-order valence-electron chi connectivity index (χ2n) is 4.00. The van der Waals surface area contributed by atoms with Crippen LogP contribution in [0, 0.1) is 0 Å². The van der Waals surface area contributed by atoms with Crippen molar-refractivity contribution in [3.05, 3.63) is 11.6 Å². The number of allylic oxidation sites excluding steroid dienone is 2. The molecule has 70 valence electrons. The molecular formula is C10H18O2. The van der Waals surface area contributed by atoms with E-state index >= 15 is 0 Å². The Morgan fingerprint density at radius 2 is 2.25 bits per heavy atom. The fourth-order valence-electron chi connectivity index (χ4n) is 1.22. The molecule has 1 aliphatic rings. The molecule has 0 amide bonds. The van der Waals surface area contributed by atoms with Crippen LogP contribution in [0.25, 0.3) is 0 Å². The molecule has 2 nitrogen and oxygen atoms in total. The van der Waals surface area contributed by atoms with Crippen LogP contribution in [0.3, 0.4) is 0 Å². The highest BCUT2D eigenvalue weighted by Gasteiger charge is 2.40. The fourth-order valence-corrected chi connectivity index (χ4v) is 1.22. The second kappa shape index (κ2) is 3.58. The molecule has 2 heteroatoms. The Balaban J connectivity index is 2.25. The van der Waals surface area contributed by atoms with E-state index in [1.54, 1.807) is 0 Å². The number of rotatable bonds is 4. The van der Waals surface area contributed by atoms with Crippen molar-refractivity contribution >= 4 is 0 Å². The molecule has 12 heavy (non-hydrogen) atoms. The third-order valence-electron chi connectivity index (χ3n) is 2.23. The molecule has 2 atom stereocenters. The lowest BCUT2D eigenvalue weighted by Gasteiger charge is -2.19. The van der Waals surface area contributed by atoms with Crippen molar-refractivity contribution in [3.63, 3.8) is 0 Å². The minimum atomic E-state index is -0.619. The van der Waals surface area contributed by atoms with Gasteiger partial charge in [0.2, 0.25) is 0 Å². The van der Waals surface area contributed by atoms with Crippen LogP contribution in [-0.4, -0.2) is 23.4 Å². The molecule has 1 heterocycles. The molecule has 0 saturated carbocycles. The van der Waals surface area contributed by atoms with Crippen LogP contribution in [0.2, 0.25) is 0 Å². The second-order valence-corrected chi connectivity index (χ2v) is 4.00. The smallest absolute Gasteiger partial charge is 0.109 e. The molecule has 0 spiro atoms. The Morgan fingerprint density at radius 3 is 2.67 bits per heavy atom. The topological polar surface area (TPSA) is 32.8 Å². The highest BCUT2D eigenvalue weighted by Crippen LogP contribution is 2.28. The summed E-state index contributed by atoms with van der Waals surface area (Å²) in [5.41, 5.74) is 0.689. The summed E-state index contributed by atoms with van der Waals surface area (Å²) in [4.78, 5) is 0. The van der Waals surface area contributed by atoms with Gasteiger partial charge in [-0.1, -0.05) is 11.6 Å². The van der Waals surface area contributed by atoms with Crippen molar-refractivity contribution in [1.29, 1.82) is 0 Å². The zero-order valence-electron chi connectivity index (χ0n) is 8.13. The fraction of sp³-hybridized carbons (Fsp3) is 0.800. The summed E-state index contributed by atoms with van der Waals surface area (Å²) in [6.45, 7) is 6.72. The van der Waals surface area contributed by atoms with Gasteiger partial charge in [-0.3, -0.25) is 0 Å². The standard InChI is InChI=1S/C10H18O2/c1-8(2)5-4-6-10(3,11)9-7-12-9/h5,9,11H,4,6-7H2,1-3H3. The van der Waals surface area contributed by atoms with Crippen molar-refractivity contribution < 1.29 is 9.84 Å². The normalized spacial score (nSPS) is 26.2. The predicted molar refractivity (Wildman–Crippen MR) is 49.0 cm³/mol. The summed E-state index contributed by atoms with van der Waals surface area (Å²) in [7, 11) is 0. The van der Waals surface area contributed by atoms with Gasteiger partial charge in [0.1, 0.15) is 6.10 Å². The van der Waals surface area contributed by atoms with Crippen molar-refractivity contribution in [2.45, 2.75) is 45.3 Å². The molecule has 0 aromatic carbocycles. The molecule has 1 saturated heterocycles. The Hall–Kier alpha value is -0.340. The number of hydrogen-bond acceptors (Lipinski definition) is 2. The maximum atomic E-state index is 9.81. The van der Waals surface area contributed by atoms with Crippen molar-refractivity contribution in [2.24, 2.45) is 0 Å². The van der Waals surface area contributed by atoms with Crippen molar-refractivity contribution in [1.82, 2.24) is 0 Å². The molecular weight excluding hydrogens is 152 g/mol. The lowest BCUT2D eigenvalue weighted by molar-refractivity contribution is 0.0225. The number of epoxide rings is 1. The van der Waals surface area contributed by atoms with Crippen LogP contribution in [0.1, 0.15) is 33.6 Å². The van der Waals surface area contributed by atoms with Crippen LogP contribution >= 0.6 is 0 Å². The minimum absolute atomic E-state index is 0.0862. The molecule has 0 aromatic rings. The summed E-state index contributed by atoms with van der Waals surface area (Å²) < 4.78 is 5.06. The van der Waals surface area contributed by atoms with Crippen LogP contribution in [0.4, 0.5) is 0 Å². The molecule has 1 rings (SSSR count). The van der Waals surface area contributed by atoms with Gasteiger partial charge in [0.05, 0.1) is 12.2 Å². The highest BCUT2D eigenvalue weighted by atomic mass is 16.6. The van der Waals surface area contributed by atoms with Crippen LogP contribution < -0.4 is 0 Å². The van der Waals surface area contributed by atoms with Gasteiger partial charge >= 0.3 is 0 Å². The maximum Gasteiger partial charge on any atom is 0.109 e. The van der Waals surface area contributed by atoms with E-state index in [1.165, 1.54) is 5.57 Å².